The first-order valence-electron chi connectivity index (χ1n) is 5.25. The van der Waals surface area contributed by atoms with Gasteiger partial charge in [-0.25, -0.2) is 4.98 Å². The van der Waals surface area contributed by atoms with Gasteiger partial charge < -0.3 is 10.5 Å². The van der Waals surface area contributed by atoms with Crippen LogP contribution in [0.15, 0.2) is 12.3 Å². The number of methoxy groups -OCH3 is 1. The third kappa shape index (κ3) is 1.74. The van der Waals surface area contributed by atoms with Gasteiger partial charge in [-0.15, -0.1) is 0 Å². The molecule has 86 valence electrons. The summed E-state index contributed by atoms with van der Waals surface area (Å²) in [6, 6.07) is 1.96. The molecule has 2 N–H and O–H groups in total. The molecule has 5 nitrogen and oxygen atoms in total. The summed E-state index contributed by atoms with van der Waals surface area (Å²) in [4.78, 5) is 4.30. The van der Waals surface area contributed by atoms with E-state index in [1.54, 1.807) is 17.8 Å². The summed E-state index contributed by atoms with van der Waals surface area (Å²) in [5.41, 5.74) is 8.63. The predicted molar refractivity (Wildman–Crippen MR) is 62.2 cm³/mol. The van der Waals surface area contributed by atoms with Crippen molar-refractivity contribution in [2.24, 2.45) is 0 Å². The summed E-state index contributed by atoms with van der Waals surface area (Å²) in [5.74, 6) is 0.964. The Morgan fingerprint density at radius 3 is 2.88 bits per heavy atom. The van der Waals surface area contributed by atoms with Gasteiger partial charge >= 0.3 is 0 Å². The number of fused-ring (bicyclic) bond motifs is 1. The van der Waals surface area contributed by atoms with Crippen LogP contribution >= 0.6 is 0 Å². The highest BCUT2D eigenvalue weighted by molar-refractivity contribution is 5.50. The van der Waals surface area contributed by atoms with Gasteiger partial charge in [0, 0.05) is 24.9 Å². The van der Waals surface area contributed by atoms with Crippen molar-refractivity contribution in [3.8, 4) is 0 Å². The van der Waals surface area contributed by atoms with Crippen LogP contribution in [-0.4, -0.2) is 21.7 Å². The molecule has 0 bridgehead atoms. The van der Waals surface area contributed by atoms with Crippen molar-refractivity contribution in [1.29, 1.82) is 0 Å². The van der Waals surface area contributed by atoms with E-state index in [4.69, 9.17) is 10.5 Å². The van der Waals surface area contributed by atoms with Gasteiger partial charge in [0.15, 0.2) is 5.65 Å². The molecule has 0 aliphatic carbocycles. The zero-order chi connectivity index (χ0) is 11.7. The van der Waals surface area contributed by atoms with Crippen molar-refractivity contribution in [3.63, 3.8) is 0 Å². The summed E-state index contributed by atoms with van der Waals surface area (Å²) in [7, 11) is 1.63. The highest BCUT2D eigenvalue weighted by Crippen LogP contribution is 2.18. The van der Waals surface area contributed by atoms with Crippen LogP contribution in [-0.2, 0) is 11.3 Å². The van der Waals surface area contributed by atoms with Gasteiger partial charge in [0.25, 0.3) is 0 Å². The summed E-state index contributed by atoms with van der Waals surface area (Å²) in [6.07, 6.45) is 1.74. The van der Waals surface area contributed by atoms with Crippen LogP contribution in [0, 0.1) is 0 Å². The number of nitrogen functional groups attached to an aromatic ring is 1. The maximum Gasteiger partial charge on any atom is 0.157 e. The molecule has 0 unspecified atom stereocenters. The number of hydrogen-bond acceptors (Lipinski definition) is 4. The normalized spacial score (nSPS) is 11.5. The molecule has 0 saturated carbocycles. The molecule has 2 rings (SSSR count). The Morgan fingerprint density at radius 2 is 2.25 bits per heavy atom. The van der Waals surface area contributed by atoms with Gasteiger partial charge in [0.05, 0.1) is 12.3 Å². The van der Waals surface area contributed by atoms with Crippen molar-refractivity contribution in [3.05, 3.63) is 23.5 Å². The molecule has 0 atom stereocenters. The minimum atomic E-state index is 0.368. The second-order valence-corrected chi connectivity index (χ2v) is 4.10. The van der Waals surface area contributed by atoms with Gasteiger partial charge in [-0.3, -0.25) is 0 Å². The molecule has 0 spiro atoms. The fourth-order valence-electron chi connectivity index (χ4n) is 1.55. The van der Waals surface area contributed by atoms with Crippen LogP contribution in [0.4, 0.5) is 5.82 Å². The minimum Gasteiger partial charge on any atom is -0.383 e. The molecule has 0 aliphatic heterocycles. The smallest absolute Gasteiger partial charge is 0.157 e. The fourth-order valence-corrected chi connectivity index (χ4v) is 1.55. The lowest BCUT2D eigenvalue weighted by molar-refractivity contribution is 0.185. The van der Waals surface area contributed by atoms with Crippen molar-refractivity contribution < 1.29 is 4.74 Å². The molecule has 0 fully saturated rings. The summed E-state index contributed by atoms with van der Waals surface area (Å²) in [5, 5.41) is 4.43. The second-order valence-electron chi connectivity index (χ2n) is 4.10. The number of aromatic nitrogens is 3. The lowest BCUT2D eigenvalue weighted by Crippen LogP contribution is -2.06. The SMILES string of the molecule is COCc1cnc2cc(C(C)C)nn2c1N. The molecule has 2 aromatic rings. The van der Waals surface area contributed by atoms with Crippen LogP contribution in [0.5, 0.6) is 0 Å². The monoisotopic (exact) mass is 220 g/mol. The lowest BCUT2D eigenvalue weighted by atomic mass is 10.1. The van der Waals surface area contributed by atoms with E-state index in [2.05, 4.69) is 23.9 Å². The van der Waals surface area contributed by atoms with Gasteiger partial charge in [-0.1, -0.05) is 13.8 Å². The van der Waals surface area contributed by atoms with E-state index in [-0.39, 0.29) is 0 Å². The zero-order valence-corrected chi connectivity index (χ0v) is 9.77. The quantitative estimate of drug-likeness (QED) is 0.852. The minimum absolute atomic E-state index is 0.368. The van der Waals surface area contributed by atoms with Gasteiger partial charge in [-0.2, -0.15) is 9.61 Å². The topological polar surface area (TPSA) is 65.4 Å². The standard InChI is InChI=1S/C11H16N4O/c1-7(2)9-4-10-13-5-8(6-16-3)11(12)15(10)14-9/h4-5,7H,6,12H2,1-3H3. The first kappa shape index (κ1) is 10.9. The van der Waals surface area contributed by atoms with Gasteiger partial charge in [0.2, 0.25) is 0 Å². The van der Waals surface area contributed by atoms with E-state index in [9.17, 15) is 0 Å². The summed E-state index contributed by atoms with van der Waals surface area (Å²) in [6.45, 7) is 4.63. The molecule has 0 amide bonds. The van der Waals surface area contributed by atoms with E-state index in [0.717, 1.165) is 16.9 Å². The zero-order valence-electron chi connectivity index (χ0n) is 9.77. The van der Waals surface area contributed by atoms with Crippen LogP contribution in [0.25, 0.3) is 5.65 Å². The predicted octanol–water partition coefficient (Wildman–Crippen LogP) is 1.58. The molecular weight excluding hydrogens is 204 g/mol. The van der Waals surface area contributed by atoms with E-state index in [0.29, 0.717) is 18.3 Å². The van der Waals surface area contributed by atoms with Crippen LogP contribution in [0.3, 0.4) is 0 Å². The molecule has 16 heavy (non-hydrogen) atoms. The molecule has 5 heteroatoms. The Hall–Kier alpha value is -1.62. The van der Waals surface area contributed by atoms with Gasteiger partial charge in [0.1, 0.15) is 5.82 Å². The second kappa shape index (κ2) is 4.09. The first-order chi connectivity index (χ1) is 7.63. The van der Waals surface area contributed by atoms with Gasteiger partial charge in [-0.05, 0) is 5.92 Å². The molecule has 0 aromatic carbocycles. The number of nitrogens with zero attached hydrogens (tertiary/aromatic N) is 3. The van der Waals surface area contributed by atoms with Crippen molar-refractivity contribution in [2.45, 2.75) is 26.4 Å². The molecule has 0 saturated heterocycles. The Bertz CT molecular complexity index is 504. The Labute approximate surface area is 94.2 Å². The number of ether oxygens (including phenoxy) is 1. The molecule has 0 aliphatic rings. The Morgan fingerprint density at radius 1 is 1.50 bits per heavy atom. The molecule has 2 aromatic heterocycles. The first-order valence-corrected chi connectivity index (χ1v) is 5.25. The van der Waals surface area contributed by atoms with Crippen molar-refractivity contribution >= 4 is 11.5 Å². The Kier molecular flexibility index (Phi) is 2.78. The highest BCUT2D eigenvalue weighted by atomic mass is 16.5. The Balaban J connectivity index is 2.55. The number of anilines is 1. The van der Waals surface area contributed by atoms with Crippen molar-refractivity contribution in [1.82, 2.24) is 14.6 Å². The molecular formula is C11H16N4O. The lowest BCUT2D eigenvalue weighted by Gasteiger charge is -2.05. The third-order valence-corrected chi connectivity index (χ3v) is 2.51. The molecule has 0 radical (unpaired) electrons. The maximum absolute atomic E-state index is 6.00. The fraction of sp³-hybridized carbons (Fsp3) is 0.455. The average molecular weight is 220 g/mol. The summed E-state index contributed by atoms with van der Waals surface area (Å²) < 4.78 is 6.72. The van der Waals surface area contributed by atoms with E-state index in [1.807, 2.05) is 6.07 Å². The largest absolute Gasteiger partial charge is 0.383 e. The van der Waals surface area contributed by atoms with Crippen LogP contribution < -0.4 is 5.73 Å². The summed E-state index contributed by atoms with van der Waals surface area (Å²) >= 11 is 0. The van der Waals surface area contributed by atoms with E-state index >= 15 is 0 Å². The van der Waals surface area contributed by atoms with E-state index < -0.39 is 0 Å². The number of rotatable bonds is 3. The van der Waals surface area contributed by atoms with Crippen LogP contribution in [0.1, 0.15) is 31.0 Å². The third-order valence-electron chi connectivity index (χ3n) is 2.51. The maximum atomic E-state index is 6.00. The number of hydrogen-bond donors (Lipinski definition) is 1. The van der Waals surface area contributed by atoms with Crippen molar-refractivity contribution in [2.75, 3.05) is 12.8 Å². The highest BCUT2D eigenvalue weighted by Gasteiger charge is 2.10. The van der Waals surface area contributed by atoms with E-state index in [1.165, 1.54) is 0 Å². The molecule has 2 heterocycles. The average Bonchev–Trinajstić information content (AvgIpc) is 2.67. The van der Waals surface area contributed by atoms with Crippen LogP contribution in [0.2, 0.25) is 0 Å². The number of nitrogens with two attached hydrogens (primary N) is 1.